The third-order valence-corrected chi connectivity index (χ3v) is 4.12. The molecule has 0 fully saturated rings. The molecular formula is C18H24FNO. The molecule has 0 aliphatic carbocycles. The minimum atomic E-state index is -0.192. The lowest BCUT2D eigenvalue weighted by molar-refractivity contribution is 0.336. The zero-order chi connectivity index (χ0) is 15.3. The highest BCUT2D eigenvalue weighted by atomic mass is 19.1. The van der Waals surface area contributed by atoms with Gasteiger partial charge in [-0.15, -0.1) is 0 Å². The summed E-state index contributed by atoms with van der Waals surface area (Å²) in [4.78, 5) is 0. The SMILES string of the molecule is CCCNC(Cc1ccoc1)C(C)(C)c1ccc(F)cc1. The van der Waals surface area contributed by atoms with Crippen molar-refractivity contribution < 1.29 is 8.81 Å². The zero-order valence-electron chi connectivity index (χ0n) is 13.0. The van der Waals surface area contributed by atoms with Gasteiger partial charge in [0.2, 0.25) is 0 Å². The Bertz CT molecular complexity index is 531. The van der Waals surface area contributed by atoms with Gasteiger partial charge in [-0.3, -0.25) is 0 Å². The van der Waals surface area contributed by atoms with E-state index >= 15 is 0 Å². The summed E-state index contributed by atoms with van der Waals surface area (Å²) in [7, 11) is 0. The first-order chi connectivity index (χ1) is 10.0. The van der Waals surface area contributed by atoms with Gasteiger partial charge in [-0.05, 0) is 48.7 Å². The van der Waals surface area contributed by atoms with Crippen LogP contribution >= 0.6 is 0 Å². The maximum Gasteiger partial charge on any atom is 0.123 e. The van der Waals surface area contributed by atoms with Crippen molar-refractivity contribution in [2.45, 2.75) is 45.1 Å². The van der Waals surface area contributed by atoms with E-state index in [0.29, 0.717) is 0 Å². The highest BCUT2D eigenvalue weighted by Gasteiger charge is 2.31. The van der Waals surface area contributed by atoms with Crippen molar-refractivity contribution in [2.24, 2.45) is 0 Å². The van der Waals surface area contributed by atoms with E-state index in [1.165, 1.54) is 17.7 Å². The average molecular weight is 289 g/mol. The fourth-order valence-electron chi connectivity index (χ4n) is 2.63. The number of benzene rings is 1. The molecule has 0 aliphatic heterocycles. The first-order valence-corrected chi connectivity index (χ1v) is 7.54. The Morgan fingerprint density at radius 1 is 1.19 bits per heavy atom. The highest BCUT2D eigenvalue weighted by Crippen LogP contribution is 2.29. The maximum absolute atomic E-state index is 13.2. The van der Waals surface area contributed by atoms with E-state index in [4.69, 9.17) is 4.42 Å². The van der Waals surface area contributed by atoms with E-state index in [1.54, 1.807) is 12.5 Å². The predicted octanol–water partition coefficient (Wildman–Crippen LogP) is 4.31. The molecule has 3 heteroatoms. The Hall–Kier alpha value is -1.61. The molecule has 2 rings (SSSR count). The zero-order valence-corrected chi connectivity index (χ0v) is 13.0. The second kappa shape index (κ2) is 6.90. The first kappa shape index (κ1) is 15.8. The van der Waals surface area contributed by atoms with E-state index in [0.717, 1.165) is 24.9 Å². The second-order valence-corrected chi connectivity index (χ2v) is 6.07. The van der Waals surface area contributed by atoms with Crippen molar-refractivity contribution in [1.82, 2.24) is 5.32 Å². The summed E-state index contributed by atoms with van der Waals surface area (Å²) in [5.41, 5.74) is 2.22. The van der Waals surface area contributed by atoms with Crippen LogP contribution in [0.2, 0.25) is 0 Å². The molecule has 1 aromatic carbocycles. The number of hydrogen-bond donors (Lipinski definition) is 1. The minimum Gasteiger partial charge on any atom is -0.472 e. The Labute approximate surface area is 126 Å². The average Bonchev–Trinajstić information content (AvgIpc) is 2.96. The van der Waals surface area contributed by atoms with Gasteiger partial charge < -0.3 is 9.73 Å². The second-order valence-electron chi connectivity index (χ2n) is 6.07. The van der Waals surface area contributed by atoms with Crippen LogP contribution in [0, 0.1) is 5.82 Å². The fraction of sp³-hybridized carbons (Fsp3) is 0.444. The molecule has 0 aliphatic rings. The number of nitrogens with one attached hydrogen (secondary N) is 1. The van der Waals surface area contributed by atoms with Crippen LogP contribution in [0.4, 0.5) is 4.39 Å². The first-order valence-electron chi connectivity index (χ1n) is 7.54. The summed E-state index contributed by atoms with van der Waals surface area (Å²) >= 11 is 0. The number of rotatable bonds is 7. The van der Waals surface area contributed by atoms with Gasteiger partial charge in [0.15, 0.2) is 0 Å². The Balaban J connectivity index is 2.22. The lowest BCUT2D eigenvalue weighted by Crippen LogP contribution is -2.46. The smallest absolute Gasteiger partial charge is 0.123 e. The van der Waals surface area contributed by atoms with Crippen LogP contribution in [0.3, 0.4) is 0 Å². The summed E-state index contributed by atoms with van der Waals surface area (Å²) in [6.45, 7) is 7.53. The molecule has 1 atom stereocenters. The molecular weight excluding hydrogens is 265 g/mol. The van der Waals surface area contributed by atoms with Crippen LogP contribution in [0.25, 0.3) is 0 Å². The molecule has 0 radical (unpaired) electrons. The molecule has 0 bridgehead atoms. The molecule has 114 valence electrons. The number of hydrogen-bond acceptors (Lipinski definition) is 2. The molecule has 0 saturated carbocycles. The van der Waals surface area contributed by atoms with E-state index in [1.807, 2.05) is 18.2 Å². The topological polar surface area (TPSA) is 25.2 Å². The molecule has 2 nitrogen and oxygen atoms in total. The van der Waals surface area contributed by atoms with Crippen LogP contribution in [-0.4, -0.2) is 12.6 Å². The van der Waals surface area contributed by atoms with Gasteiger partial charge in [0.05, 0.1) is 12.5 Å². The van der Waals surface area contributed by atoms with Gasteiger partial charge in [0.1, 0.15) is 5.82 Å². The third kappa shape index (κ3) is 3.94. The summed E-state index contributed by atoms with van der Waals surface area (Å²) in [5.74, 6) is -0.192. The van der Waals surface area contributed by atoms with Crippen LogP contribution < -0.4 is 5.32 Å². The molecule has 1 aromatic heterocycles. The van der Waals surface area contributed by atoms with E-state index in [2.05, 4.69) is 26.1 Å². The summed E-state index contributed by atoms with van der Waals surface area (Å²) in [5, 5.41) is 3.63. The lowest BCUT2D eigenvalue weighted by atomic mass is 9.75. The number of halogens is 1. The minimum absolute atomic E-state index is 0.0971. The lowest BCUT2D eigenvalue weighted by Gasteiger charge is -2.36. The van der Waals surface area contributed by atoms with Crippen molar-refractivity contribution >= 4 is 0 Å². The summed E-state index contributed by atoms with van der Waals surface area (Å²) in [6.07, 6.45) is 5.47. The van der Waals surface area contributed by atoms with E-state index < -0.39 is 0 Å². The van der Waals surface area contributed by atoms with Gasteiger partial charge in [-0.2, -0.15) is 0 Å². The van der Waals surface area contributed by atoms with Crippen LogP contribution in [0.1, 0.15) is 38.3 Å². The van der Waals surface area contributed by atoms with Gasteiger partial charge in [-0.25, -0.2) is 4.39 Å². The summed E-state index contributed by atoms with van der Waals surface area (Å²) < 4.78 is 18.3. The van der Waals surface area contributed by atoms with Gasteiger partial charge >= 0.3 is 0 Å². The van der Waals surface area contributed by atoms with E-state index in [9.17, 15) is 4.39 Å². The molecule has 0 amide bonds. The van der Waals surface area contributed by atoms with Crippen molar-refractivity contribution in [3.05, 3.63) is 59.8 Å². The quantitative estimate of drug-likeness (QED) is 0.821. The maximum atomic E-state index is 13.2. The standard InChI is InChI=1S/C18H24FNO/c1-4-10-20-17(12-14-9-11-21-13-14)18(2,3)15-5-7-16(19)8-6-15/h5-9,11,13,17,20H,4,10,12H2,1-3H3. The largest absolute Gasteiger partial charge is 0.472 e. The fourth-order valence-corrected chi connectivity index (χ4v) is 2.63. The Morgan fingerprint density at radius 2 is 1.90 bits per heavy atom. The molecule has 1 N–H and O–H groups in total. The van der Waals surface area contributed by atoms with Crippen LogP contribution in [0.15, 0.2) is 47.3 Å². The van der Waals surface area contributed by atoms with E-state index in [-0.39, 0.29) is 17.3 Å². The van der Waals surface area contributed by atoms with Crippen molar-refractivity contribution in [3.8, 4) is 0 Å². The normalized spacial score (nSPS) is 13.3. The molecule has 1 unspecified atom stereocenters. The van der Waals surface area contributed by atoms with Crippen molar-refractivity contribution in [3.63, 3.8) is 0 Å². The molecule has 1 heterocycles. The predicted molar refractivity (Wildman–Crippen MR) is 83.9 cm³/mol. The summed E-state index contributed by atoms with van der Waals surface area (Å²) in [6, 6.07) is 9.09. The monoisotopic (exact) mass is 289 g/mol. The van der Waals surface area contributed by atoms with Crippen LogP contribution in [-0.2, 0) is 11.8 Å². The highest BCUT2D eigenvalue weighted by molar-refractivity contribution is 5.27. The van der Waals surface area contributed by atoms with Gasteiger partial charge in [0.25, 0.3) is 0 Å². The molecule has 21 heavy (non-hydrogen) atoms. The molecule has 0 saturated heterocycles. The third-order valence-electron chi connectivity index (χ3n) is 4.12. The van der Waals surface area contributed by atoms with Gasteiger partial charge in [-0.1, -0.05) is 32.9 Å². The molecule has 0 spiro atoms. The Kier molecular flexibility index (Phi) is 5.18. The van der Waals surface area contributed by atoms with Crippen molar-refractivity contribution in [2.75, 3.05) is 6.54 Å². The van der Waals surface area contributed by atoms with Gasteiger partial charge in [0, 0.05) is 11.5 Å². The molecule has 2 aromatic rings. The van der Waals surface area contributed by atoms with Crippen LogP contribution in [0.5, 0.6) is 0 Å². The van der Waals surface area contributed by atoms with Crippen molar-refractivity contribution in [1.29, 1.82) is 0 Å². The number of furan rings is 1. The Morgan fingerprint density at radius 3 is 2.48 bits per heavy atom.